The number of anilines is 3. The lowest BCUT2D eigenvalue weighted by atomic mass is 9.65. The molecule has 1 aromatic heterocycles. The third kappa shape index (κ3) is 5.33. The summed E-state index contributed by atoms with van der Waals surface area (Å²) in [6.07, 6.45) is 0. The Morgan fingerprint density at radius 2 is 0.881 bits per heavy atom. The average Bonchev–Trinajstić information content (AvgIpc) is 3.90. The van der Waals surface area contributed by atoms with Crippen molar-refractivity contribution >= 4 is 49.6 Å². The number of hydrogen-bond acceptors (Lipinski definition) is 1. The fraction of sp³-hybridized carbons (Fsp3) is 0.0154. The van der Waals surface area contributed by atoms with Crippen molar-refractivity contribution in [3.05, 3.63) is 277 Å². The van der Waals surface area contributed by atoms with Crippen LogP contribution in [0, 0.1) is 0 Å². The maximum Gasteiger partial charge on any atom is 0.0755 e. The van der Waals surface area contributed by atoms with Crippen molar-refractivity contribution in [1.29, 1.82) is 0 Å². The molecule has 2 heteroatoms. The number of hydrogen-bond donors (Lipinski definition) is 0. The molecule has 1 unspecified atom stereocenters. The van der Waals surface area contributed by atoms with Crippen molar-refractivity contribution in [3.63, 3.8) is 0 Å². The molecule has 2 heterocycles. The molecule has 1 spiro atoms. The Kier molecular flexibility index (Phi) is 8.23. The van der Waals surface area contributed by atoms with Gasteiger partial charge in [0.05, 0.1) is 33.5 Å². The Hall–Kier alpha value is -8.72. The molecule has 312 valence electrons. The summed E-state index contributed by atoms with van der Waals surface area (Å²) in [5, 5.41) is 5.03. The molecule has 2 nitrogen and oxygen atoms in total. The minimum Gasteiger partial charge on any atom is -0.309 e. The first-order valence-corrected chi connectivity index (χ1v) is 23.3. The van der Waals surface area contributed by atoms with Crippen LogP contribution >= 0.6 is 0 Å². The summed E-state index contributed by atoms with van der Waals surface area (Å²) in [6.45, 7) is 0. The molecule has 0 N–H and O–H groups in total. The summed E-state index contributed by atoms with van der Waals surface area (Å²) in [5.74, 6) is 0. The molecule has 0 fully saturated rings. The lowest BCUT2D eigenvalue weighted by molar-refractivity contribution is 0.748. The zero-order valence-electron chi connectivity index (χ0n) is 36.6. The predicted octanol–water partition coefficient (Wildman–Crippen LogP) is 17.1. The van der Waals surface area contributed by atoms with Gasteiger partial charge in [-0.05, 0) is 103 Å². The smallest absolute Gasteiger partial charge is 0.0755 e. The summed E-state index contributed by atoms with van der Waals surface area (Å²) in [7, 11) is 0. The van der Waals surface area contributed by atoms with Gasteiger partial charge in [0.25, 0.3) is 0 Å². The van der Waals surface area contributed by atoms with E-state index in [1.54, 1.807) is 0 Å². The van der Waals surface area contributed by atoms with E-state index in [4.69, 9.17) is 0 Å². The normalized spacial score (nSPS) is 14.3. The van der Waals surface area contributed by atoms with Crippen LogP contribution in [0.25, 0.3) is 82.8 Å². The van der Waals surface area contributed by atoms with Gasteiger partial charge in [-0.25, -0.2) is 0 Å². The van der Waals surface area contributed by atoms with Crippen LogP contribution in [0.2, 0.25) is 0 Å². The molecule has 1 aliphatic carbocycles. The number of fused-ring (bicyclic) bond motifs is 13. The predicted molar refractivity (Wildman–Crippen MR) is 280 cm³/mol. The quantitative estimate of drug-likeness (QED) is 0.162. The number of benzene rings is 11. The Balaban J connectivity index is 1.08. The van der Waals surface area contributed by atoms with Gasteiger partial charge in [-0.3, -0.25) is 0 Å². The van der Waals surface area contributed by atoms with Gasteiger partial charge >= 0.3 is 0 Å². The largest absolute Gasteiger partial charge is 0.309 e. The lowest BCUT2D eigenvalue weighted by Gasteiger charge is -2.39. The second-order valence-electron chi connectivity index (χ2n) is 17.9. The van der Waals surface area contributed by atoms with E-state index in [9.17, 15) is 0 Å². The van der Waals surface area contributed by atoms with Gasteiger partial charge in [0.2, 0.25) is 0 Å². The third-order valence-corrected chi connectivity index (χ3v) is 14.6. The lowest BCUT2D eigenvalue weighted by Crippen LogP contribution is -2.33. The van der Waals surface area contributed by atoms with E-state index in [2.05, 4.69) is 264 Å². The van der Waals surface area contributed by atoms with E-state index in [1.165, 1.54) is 99.5 Å². The van der Waals surface area contributed by atoms with E-state index < -0.39 is 5.41 Å². The molecule has 0 radical (unpaired) electrons. The summed E-state index contributed by atoms with van der Waals surface area (Å²) < 4.78 is 2.52. The van der Waals surface area contributed by atoms with E-state index in [-0.39, 0.29) is 0 Å². The molecule has 0 saturated heterocycles. The first kappa shape index (κ1) is 37.6. The first-order valence-electron chi connectivity index (χ1n) is 23.3. The average molecular weight is 851 g/mol. The highest BCUT2D eigenvalue weighted by molar-refractivity contribution is 6.13. The zero-order chi connectivity index (χ0) is 44.1. The van der Waals surface area contributed by atoms with E-state index in [1.807, 2.05) is 0 Å². The first-order chi connectivity index (χ1) is 33.3. The zero-order valence-corrected chi connectivity index (χ0v) is 36.6. The van der Waals surface area contributed by atoms with Gasteiger partial charge in [0.1, 0.15) is 0 Å². The molecule has 14 rings (SSSR count). The molecule has 0 bridgehead atoms. The van der Waals surface area contributed by atoms with Crippen LogP contribution in [0.5, 0.6) is 0 Å². The maximum absolute atomic E-state index is 2.54. The van der Waals surface area contributed by atoms with Crippen molar-refractivity contribution in [2.45, 2.75) is 5.41 Å². The van der Waals surface area contributed by atoms with Crippen LogP contribution in [-0.4, -0.2) is 4.57 Å². The monoisotopic (exact) mass is 850 g/mol. The van der Waals surface area contributed by atoms with Crippen LogP contribution in [0.3, 0.4) is 0 Å². The highest BCUT2D eigenvalue weighted by Gasteiger charge is 2.51. The van der Waals surface area contributed by atoms with Gasteiger partial charge in [-0.2, -0.15) is 0 Å². The van der Waals surface area contributed by atoms with Crippen LogP contribution in [0.15, 0.2) is 255 Å². The molecule has 2 aliphatic rings. The molecule has 11 aromatic carbocycles. The summed E-state index contributed by atoms with van der Waals surface area (Å²) in [5.41, 5.74) is 21.3. The van der Waals surface area contributed by atoms with Gasteiger partial charge in [-0.1, -0.05) is 218 Å². The molecule has 67 heavy (non-hydrogen) atoms. The molecular weight excluding hydrogens is 809 g/mol. The van der Waals surface area contributed by atoms with Gasteiger partial charge in [0, 0.05) is 27.6 Å². The van der Waals surface area contributed by atoms with E-state index in [0.717, 1.165) is 22.6 Å². The summed E-state index contributed by atoms with van der Waals surface area (Å²) >= 11 is 0. The Morgan fingerprint density at radius 3 is 1.76 bits per heavy atom. The Morgan fingerprint density at radius 1 is 0.328 bits per heavy atom. The molecule has 0 amide bonds. The van der Waals surface area contributed by atoms with Crippen LogP contribution in [0.1, 0.15) is 22.3 Å². The van der Waals surface area contributed by atoms with Crippen LogP contribution < -0.4 is 4.90 Å². The van der Waals surface area contributed by atoms with E-state index >= 15 is 0 Å². The topological polar surface area (TPSA) is 8.17 Å². The number of rotatable bonds is 6. The molecule has 1 aliphatic heterocycles. The fourth-order valence-corrected chi connectivity index (χ4v) is 12.0. The molecular formula is C65H42N2. The number of nitrogens with zero attached hydrogens (tertiary/aromatic N) is 2. The molecule has 0 saturated carbocycles. The second-order valence-corrected chi connectivity index (χ2v) is 17.9. The fourth-order valence-electron chi connectivity index (χ4n) is 12.0. The summed E-state index contributed by atoms with van der Waals surface area (Å²) in [6, 6.07) is 94.5. The number of para-hydroxylation sites is 4. The van der Waals surface area contributed by atoms with Crippen LogP contribution in [-0.2, 0) is 5.41 Å². The van der Waals surface area contributed by atoms with Gasteiger partial charge in [0.15, 0.2) is 0 Å². The SMILES string of the molecule is c1ccc(-c2cccc(N(c3ccccc3-c3ccccc3-c3cccc4ccccc34)c3cccc4c3-c3ccccc3C43c4ccccc4-n4c5ccccc5c5cccc3c54)c2)cc1. The van der Waals surface area contributed by atoms with Gasteiger partial charge < -0.3 is 9.47 Å². The minimum absolute atomic E-state index is 0.583. The minimum atomic E-state index is -0.583. The Bertz CT molecular complexity index is 3950. The second kappa shape index (κ2) is 14.7. The van der Waals surface area contributed by atoms with Crippen molar-refractivity contribution in [1.82, 2.24) is 4.57 Å². The van der Waals surface area contributed by atoms with Crippen molar-refractivity contribution in [2.24, 2.45) is 0 Å². The van der Waals surface area contributed by atoms with Crippen molar-refractivity contribution in [2.75, 3.05) is 4.90 Å². The highest BCUT2D eigenvalue weighted by Crippen LogP contribution is 2.63. The Labute approximate surface area is 389 Å². The van der Waals surface area contributed by atoms with E-state index in [0.29, 0.717) is 0 Å². The molecule has 1 atom stereocenters. The highest BCUT2D eigenvalue weighted by atomic mass is 15.1. The van der Waals surface area contributed by atoms with Crippen molar-refractivity contribution in [3.8, 4) is 50.2 Å². The van der Waals surface area contributed by atoms with Gasteiger partial charge in [-0.15, -0.1) is 0 Å². The maximum atomic E-state index is 2.54. The van der Waals surface area contributed by atoms with Crippen LogP contribution in [0.4, 0.5) is 17.1 Å². The number of aromatic nitrogens is 1. The standard InChI is InChI=1S/C65H42N2/c1-2-20-43(21-3-1)45-24-16-25-46(42-45)66(59-38-13-9-29-51(59)50-28-7-6-27-49(50)48-32-17-23-44-22-4-5-26-47(44)48)62-41-19-36-57-63(62)54-31-8-11-34-55(54)65(57)56-35-12-15-40-61(56)67-60-39-14-10-30-52(60)53-33-18-37-58(65)64(53)67/h1-42H. The third-order valence-electron chi connectivity index (χ3n) is 14.6. The van der Waals surface area contributed by atoms with Crippen molar-refractivity contribution < 1.29 is 0 Å². The summed E-state index contributed by atoms with van der Waals surface area (Å²) in [4.78, 5) is 2.54. The molecule has 12 aromatic rings.